The van der Waals surface area contributed by atoms with E-state index < -0.39 is 0 Å². The van der Waals surface area contributed by atoms with E-state index in [9.17, 15) is 4.79 Å². The Morgan fingerprint density at radius 3 is 2.79 bits per heavy atom. The number of hydrogen-bond donors (Lipinski definition) is 0. The van der Waals surface area contributed by atoms with Crippen LogP contribution in [0, 0.1) is 0 Å². The third-order valence-electron chi connectivity index (χ3n) is 4.42. The van der Waals surface area contributed by atoms with Gasteiger partial charge in [-0.1, -0.05) is 6.07 Å². The molecule has 0 N–H and O–H groups in total. The lowest BCUT2D eigenvalue weighted by atomic mass is 10.0. The molecule has 126 valence electrons. The van der Waals surface area contributed by atoms with Crippen LogP contribution in [-0.2, 0) is 11.3 Å². The number of carbonyl (C=O) groups is 1. The summed E-state index contributed by atoms with van der Waals surface area (Å²) in [5, 5.41) is 2.04. The van der Waals surface area contributed by atoms with Gasteiger partial charge in [-0.05, 0) is 42.5 Å². The molecule has 0 saturated carbocycles. The van der Waals surface area contributed by atoms with Crippen molar-refractivity contribution >= 4 is 17.2 Å². The number of hydrogen-bond acceptors (Lipinski definition) is 5. The van der Waals surface area contributed by atoms with Gasteiger partial charge >= 0.3 is 0 Å². The fraction of sp³-hybridized carbons (Fsp3) is 0.389. The standard InChI is InChI=1S/C18H19NO4S/c20-18(13-3-4-16-17(10-13)23-12-22-16)19(11-15-2-1-9-24-15)14-5-7-21-8-6-14/h1-4,9-10,14H,5-8,11-12H2. The zero-order chi connectivity index (χ0) is 16.4. The summed E-state index contributed by atoms with van der Waals surface area (Å²) in [6.45, 7) is 2.27. The predicted molar refractivity (Wildman–Crippen MR) is 90.6 cm³/mol. The first-order valence-corrected chi connectivity index (χ1v) is 9.00. The van der Waals surface area contributed by atoms with Crippen LogP contribution >= 0.6 is 11.3 Å². The van der Waals surface area contributed by atoms with E-state index in [-0.39, 0.29) is 18.7 Å². The van der Waals surface area contributed by atoms with Gasteiger partial charge in [-0.3, -0.25) is 4.79 Å². The maximum Gasteiger partial charge on any atom is 0.254 e. The molecular weight excluding hydrogens is 326 g/mol. The molecule has 2 aliphatic rings. The van der Waals surface area contributed by atoms with E-state index in [2.05, 4.69) is 6.07 Å². The van der Waals surface area contributed by atoms with Gasteiger partial charge < -0.3 is 19.1 Å². The van der Waals surface area contributed by atoms with Crippen LogP contribution in [0.2, 0.25) is 0 Å². The van der Waals surface area contributed by atoms with Gasteiger partial charge in [0.2, 0.25) is 6.79 Å². The second kappa shape index (κ2) is 6.83. The lowest BCUT2D eigenvalue weighted by molar-refractivity contribution is 0.0270. The van der Waals surface area contributed by atoms with Gasteiger partial charge in [-0.15, -0.1) is 11.3 Å². The molecule has 2 aromatic rings. The van der Waals surface area contributed by atoms with E-state index in [1.165, 1.54) is 4.88 Å². The minimum absolute atomic E-state index is 0.0357. The highest BCUT2D eigenvalue weighted by molar-refractivity contribution is 7.09. The molecule has 0 bridgehead atoms. The van der Waals surface area contributed by atoms with E-state index in [0.717, 1.165) is 12.8 Å². The maximum atomic E-state index is 13.2. The Balaban J connectivity index is 1.60. The molecule has 1 aromatic carbocycles. The summed E-state index contributed by atoms with van der Waals surface area (Å²) in [5.41, 5.74) is 0.641. The first-order valence-electron chi connectivity index (χ1n) is 8.12. The molecular formula is C18H19NO4S. The molecule has 0 atom stereocenters. The average molecular weight is 345 g/mol. The number of carbonyl (C=O) groups excluding carboxylic acids is 1. The van der Waals surface area contributed by atoms with E-state index in [0.29, 0.717) is 36.8 Å². The molecule has 0 radical (unpaired) electrons. The Hall–Kier alpha value is -2.05. The third kappa shape index (κ3) is 3.12. The fourth-order valence-corrected chi connectivity index (χ4v) is 3.83. The quantitative estimate of drug-likeness (QED) is 0.853. The monoisotopic (exact) mass is 345 g/mol. The van der Waals surface area contributed by atoms with Crippen molar-refractivity contribution in [1.29, 1.82) is 0 Å². The lowest BCUT2D eigenvalue weighted by Gasteiger charge is -2.34. The summed E-state index contributed by atoms with van der Waals surface area (Å²) in [4.78, 5) is 16.3. The smallest absolute Gasteiger partial charge is 0.254 e. The molecule has 0 spiro atoms. The van der Waals surface area contributed by atoms with Gasteiger partial charge in [-0.2, -0.15) is 0 Å². The summed E-state index contributed by atoms with van der Waals surface area (Å²) >= 11 is 1.68. The molecule has 3 heterocycles. The van der Waals surface area contributed by atoms with Crippen molar-refractivity contribution in [3.05, 3.63) is 46.2 Å². The lowest BCUT2D eigenvalue weighted by Crippen LogP contribution is -2.42. The van der Waals surface area contributed by atoms with Crippen molar-refractivity contribution < 1.29 is 19.0 Å². The van der Waals surface area contributed by atoms with Crippen LogP contribution in [-0.4, -0.2) is 36.9 Å². The van der Waals surface area contributed by atoms with E-state index in [1.54, 1.807) is 17.4 Å². The zero-order valence-corrected chi connectivity index (χ0v) is 14.1. The molecule has 0 aliphatic carbocycles. The second-order valence-electron chi connectivity index (χ2n) is 5.92. The minimum atomic E-state index is 0.0357. The first kappa shape index (κ1) is 15.5. The molecule has 1 fully saturated rings. The van der Waals surface area contributed by atoms with E-state index in [1.807, 2.05) is 28.5 Å². The predicted octanol–water partition coefficient (Wildman–Crippen LogP) is 3.30. The number of ether oxygens (including phenoxy) is 3. The summed E-state index contributed by atoms with van der Waals surface area (Å²) < 4.78 is 16.2. The molecule has 0 unspecified atom stereocenters. The Bertz CT molecular complexity index is 710. The Morgan fingerprint density at radius 1 is 1.17 bits per heavy atom. The Morgan fingerprint density at radius 2 is 2.00 bits per heavy atom. The largest absolute Gasteiger partial charge is 0.454 e. The molecule has 4 rings (SSSR count). The number of amides is 1. The van der Waals surface area contributed by atoms with E-state index in [4.69, 9.17) is 14.2 Å². The van der Waals surface area contributed by atoms with Crippen LogP contribution < -0.4 is 9.47 Å². The van der Waals surface area contributed by atoms with Crippen molar-refractivity contribution in [2.45, 2.75) is 25.4 Å². The first-order chi connectivity index (χ1) is 11.8. The maximum absolute atomic E-state index is 13.2. The van der Waals surface area contributed by atoms with Gasteiger partial charge in [0, 0.05) is 29.7 Å². The summed E-state index contributed by atoms with van der Waals surface area (Å²) in [6, 6.07) is 9.71. The highest BCUT2D eigenvalue weighted by Crippen LogP contribution is 2.33. The molecule has 2 aliphatic heterocycles. The molecule has 1 amide bonds. The number of rotatable bonds is 4. The van der Waals surface area contributed by atoms with Gasteiger partial charge in [-0.25, -0.2) is 0 Å². The van der Waals surface area contributed by atoms with Gasteiger partial charge in [0.1, 0.15) is 0 Å². The normalized spacial score (nSPS) is 17.0. The SMILES string of the molecule is O=C(c1ccc2c(c1)OCO2)N(Cc1cccs1)C1CCOCC1. The minimum Gasteiger partial charge on any atom is -0.454 e. The van der Waals surface area contributed by atoms with Crippen LogP contribution in [0.1, 0.15) is 28.1 Å². The van der Waals surface area contributed by atoms with Crippen LogP contribution in [0.15, 0.2) is 35.7 Å². The van der Waals surface area contributed by atoms with Gasteiger partial charge in [0.05, 0.1) is 6.54 Å². The molecule has 24 heavy (non-hydrogen) atoms. The summed E-state index contributed by atoms with van der Waals surface area (Å²) in [7, 11) is 0. The average Bonchev–Trinajstić information content (AvgIpc) is 3.30. The van der Waals surface area contributed by atoms with E-state index >= 15 is 0 Å². The summed E-state index contributed by atoms with van der Waals surface area (Å²) in [5.74, 6) is 1.37. The number of benzene rings is 1. The van der Waals surface area contributed by atoms with Gasteiger partial charge in [0.15, 0.2) is 11.5 Å². The molecule has 1 aromatic heterocycles. The van der Waals surface area contributed by atoms with Crippen molar-refractivity contribution in [3.8, 4) is 11.5 Å². The number of nitrogens with zero attached hydrogens (tertiary/aromatic N) is 1. The second-order valence-corrected chi connectivity index (χ2v) is 6.96. The highest BCUT2D eigenvalue weighted by Gasteiger charge is 2.28. The van der Waals surface area contributed by atoms with Crippen molar-refractivity contribution in [2.24, 2.45) is 0 Å². The number of fused-ring (bicyclic) bond motifs is 1. The highest BCUT2D eigenvalue weighted by atomic mass is 32.1. The molecule has 1 saturated heterocycles. The van der Waals surface area contributed by atoms with Crippen molar-refractivity contribution in [2.75, 3.05) is 20.0 Å². The van der Waals surface area contributed by atoms with Crippen LogP contribution in [0.5, 0.6) is 11.5 Å². The third-order valence-corrected chi connectivity index (χ3v) is 5.28. The van der Waals surface area contributed by atoms with Gasteiger partial charge in [0.25, 0.3) is 5.91 Å². The van der Waals surface area contributed by atoms with Crippen LogP contribution in [0.3, 0.4) is 0 Å². The van der Waals surface area contributed by atoms with Crippen LogP contribution in [0.25, 0.3) is 0 Å². The Kier molecular flexibility index (Phi) is 4.40. The summed E-state index contributed by atoms with van der Waals surface area (Å²) in [6.07, 6.45) is 1.75. The Labute approximate surface area is 144 Å². The number of thiophene rings is 1. The van der Waals surface area contributed by atoms with Crippen molar-refractivity contribution in [3.63, 3.8) is 0 Å². The topological polar surface area (TPSA) is 48.0 Å². The molecule has 5 nitrogen and oxygen atoms in total. The zero-order valence-electron chi connectivity index (χ0n) is 13.3. The fourth-order valence-electron chi connectivity index (χ4n) is 3.13. The van der Waals surface area contributed by atoms with Crippen LogP contribution in [0.4, 0.5) is 0 Å². The van der Waals surface area contributed by atoms with Crippen molar-refractivity contribution in [1.82, 2.24) is 4.90 Å². The molecule has 6 heteroatoms.